The highest BCUT2D eigenvalue weighted by atomic mass is 79.9. The van der Waals surface area contributed by atoms with Gasteiger partial charge in [-0.1, -0.05) is 47.8 Å². The zero-order chi connectivity index (χ0) is 12.8. The average Bonchev–Trinajstić information content (AvgIpc) is 3.17. The van der Waals surface area contributed by atoms with Crippen LogP contribution in [0, 0.1) is 5.92 Å². The molecule has 0 spiro atoms. The third-order valence-electron chi connectivity index (χ3n) is 3.67. The molecule has 0 radical (unpaired) electrons. The van der Waals surface area contributed by atoms with Crippen LogP contribution in [0.4, 0.5) is 0 Å². The Labute approximate surface area is 119 Å². The van der Waals surface area contributed by atoms with E-state index in [0.717, 1.165) is 18.9 Å². The van der Waals surface area contributed by atoms with Gasteiger partial charge in [-0.05, 0) is 55.8 Å². The highest BCUT2D eigenvalue weighted by molar-refractivity contribution is 9.10. The summed E-state index contributed by atoms with van der Waals surface area (Å²) in [6.45, 7) is 3.38. The van der Waals surface area contributed by atoms with E-state index < -0.39 is 0 Å². The van der Waals surface area contributed by atoms with Crippen LogP contribution in [0.2, 0.25) is 0 Å². The van der Waals surface area contributed by atoms with E-state index in [1.54, 1.807) is 0 Å². The molecule has 1 atom stereocenters. The third kappa shape index (κ3) is 5.11. The first-order valence-electron chi connectivity index (χ1n) is 7.25. The molecule has 0 saturated heterocycles. The van der Waals surface area contributed by atoms with E-state index in [1.807, 2.05) is 0 Å². The minimum atomic E-state index is 0.653. The number of nitrogens with one attached hydrogen (secondary N) is 1. The smallest absolute Gasteiger partial charge is 0.0178 e. The van der Waals surface area contributed by atoms with Crippen LogP contribution in [-0.2, 0) is 6.42 Å². The van der Waals surface area contributed by atoms with Gasteiger partial charge in [0, 0.05) is 10.5 Å². The van der Waals surface area contributed by atoms with Crippen molar-refractivity contribution in [1.29, 1.82) is 0 Å². The fraction of sp³-hybridized carbons (Fsp3) is 0.625. The fourth-order valence-corrected chi connectivity index (χ4v) is 2.86. The summed E-state index contributed by atoms with van der Waals surface area (Å²) < 4.78 is 1.19. The lowest BCUT2D eigenvalue weighted by molar-refractivity contribution is 0.452. The van der Waals surface area contributed by atoms with Gasteiger partial charge >= 0.3 is 0 Å². The van der Waals surface area contributed by atoms with Gasteiger partial charge in [-0.3, -0.25) is 0 Å². The SMILES string of the molecule is CCCNC(CCC1CC1)Cc1cccc(Br)c1. The first kappa shape index (κ1) is 14.1. The molecule has 2 heteroatoms. The molecule has 1 aliphatic carbocycles. The number of halogens is 1. The van der Waals surface area contributed by atoms with Gasteiger partial charge in [0.05, 0.1) is 0 Å². The van der Waals surface area contributed by atoms with Crippen LogP contribution < -0.4 is 5.32 Å². The van der Waals surface area contributed by atoms with Gasteiger partial charge in [0.15, 0.2) is 0 Å². The molecule has 1 N–H and O–H groups in total. The summed E-state index contributed by atoms with van der Waals surface area (Å²) in [7, 11) is 0. The molecule has 1 saturated carbocycles. The van der Waals surface area contributed by atoms with Gasteiger partial charge in [-0.2, -0.15) is 0 Å². The first-order valence-corrected chi connectivity index (χ1v) is 8.05. The molecule has 0 aromatic heterocycles. The molecule has 100 valence electrons. The lowest BCUT2D eigenvalue weighted by atomic mass is 10.0. The molecule has 1 nitrogen and oxygen atoms in total. The summed E-state index contributed by atoms with van der Waals surface area (Å²) in [5.41, 5.74) is 1.44. The number of benzene rings is 1. The van der Waals surface area contributed by atoms with E-state index in [2.05, 4.69) is 52.4 Å². The molecule has 0 amide bonds. The maximum Gasteiger partial charge on any atom is 0.0178 e. The van der Waals surface area contributed by atoms with Crippen LogP contribution in [0.25, 0.3) is 0 Å². The molecule has 1 aliphatic rings. The molecule has 0 heterocycles. The Bertz CT molecular complexity index is 360. The molecule has 2 rings (SSSR count). The predicted octanol–water partition coefficient (Wildman–Crippen LogP) is 4.55. The summed E-state index contributed by atoms with van der Waals surface area (Å²) in [5, 5.41) is 3.71. The summed E-state index contributed by atoms with van der Waals surface area (Å²) in [5.74, 6) is 1.04. The lowest BCUT2D eigenvalue weighted by Crippen LogP contribution is -2.31. The Hall–Kier alpha value is -0.340. The fourth-order valence-electron chi connectivity index (χ4n) is 2.42. The number of hydrogen-bond acceptors (Lipinski definition) is 1. The molecular weight excluding hydrogens is 286 g/mol. The van der Waals surface area contributed by atoms with Gasteiger partial charge in [0.1, 0.15) is 0 Å². The quantitative estimate of drug-likeness (QED) is 0.743. The second-order valence-electron chi connectivity index (χ2n) is 5.51. The van der Waals surface area contributed by atoms with Crippen molar-refractivity contribution >= 4 is 15.9 Å². The van der Waals surface area contributed by atoms with Gasteiger partial charge < -0.3 is 5.32 Å². The Morgan fingerprint density at radius 3 is 2.89 bits per heavy atom. The summed E-state index contributed by atoms with van der Waals surface area (Å²) in [6.07, 6.45) is 8.06. The van der Waals surface area contributed by atoms with Crippen molar-refractivity contribution in [2.24, 2.45) is 5.92 Å². The van der Waals surface area contributed by atoms with E-state index in [0.29, 0.717) is 6.04 Å². The van der Waals surface area contributed by atoms with Crippen LogP contribution in [-0.4, -0.2) is 12.6 Å². The van der Waals surface area contributed by atoms with Crippen LogP contribution in [0.1, 0.15) is 44.6 Å². The maximum atomic E-state index is 3.71. The molecule has 0 bridgehead atoms. The standard InChI is InChI=1S/C16H24BrN/c1-2-10-18-16(9-8-13-6-7-13)12-14-4-3-5-15(17)11-14/h3-5,11,13,16,18H,2,6-10,12H2,1H3. The van der Waals surface area contributed by atoms with Crippen molar-refractivity contribution in [3.8, 4) is 0 Å². The minimum absolute atomic E-state index is 0.653. The number of rotatable bonds is 8. The first-order chi connectivity index (χ1) is 8.78. The highest BCUT2D eigenvalue weighted by Gasteiger charge is 2.22. The Balaban J connectivity index is 1.85. The van der Waals surface area contributed by atoms with Crippen LogP contribution in [0.15, 0.2) is 28.7 Å². The second-order valence-corrected chi connectivity index (χ2v) is 6.42. The lowest BCUT2D eigenvalue weighted by Gasteiger charge is -2.18. The second kappa shape index (κ2) is 7.30. The van der Waals surface area contributed by atoms with Crippen molar-refractivity contribution in [3.63, 3.8) is 0 Å². The normalized spacial score (nSPS) is 16.8. The topological polar surface area (TPSA) is 12.0 Å². The zero-order valence-corrected chi connectivity index (χ0v) is 12.9. The molecule has 1 aromatic carbocycles. The molecule has 1 fully saturated rings. The van der Waals surface area contributed by atoms with Gasteiger partial charge in [0.2, 0.25) is 0 Å². The molecule has 1 aromatic rings. The van der Waals surface area contributed by atoms with Crippen molar-refractivity contribution in [2.45, 2.75) is 51.5 Å². The molecule has 0 aliphatic heterocycles. The Morgan fingerprint density at radius 1 is 1.39 bits per heavy atom. The van der Waals surface area contributed by atoms with E-state index >= 15 is 0 Å². The predicted molar refractivity (Wildman–Crippen MR) is 81.9 cm³/mol. The zero-order valence-electron chi connectivity index (χ0n) is 11.3. The minimum Gasteiger partial charge on any atom is -0.314 e. The van der Waals surface area contributed by atoms with Crippen LogP contribution in [0.3, 0.4) is 0 Å². The largest absolute Gasteiger partial charge is 0.314 e. The van der Waals surface area contributed by atoms with Crippen molar-refractivity contribution in [3.05, 3.63) is 34.3 Å². The van der Waals surface area contributed by atoms with Crippen molar-refractivity contribution in [1.82, 2.24) is 5.32 Å². The average molecular weight is 310 g/mol. The van der Waals surface area contributed by atoms with Crippen molar-refractivity contribution in [2.75, 3.05) is 6.54 Å². The summed E-state index contributed by atoms with van der Waals surface area (Å²) >= 11 is 3.56. The third-order valence-corrected chi connectivity index (χ3v) is 4.17. The molecule has 1 unspecified atom stereocenters. The van der Waals surface area contributed by atoms with E-state index in [-0.39, 0.29) is 0 Å². The Morgan fingerprint density at radius 2 is 2.22 bits per heavy atom. The van der Waals surface area contributed by atoms with Gasteiger partial charge in [0.25, 0.3) is 0 Å². The molecular formula is C16H24BrN. The summed E-state index contributed by atoms with van der Waals surface area (Å²) in [6, 6.07) is 9.37. The summed E-state index contributed by atoms with van der Waals surface area (Å²) in [4.78, 5) is 0. The monoisotopic (exact) mass is 309 g/mol. The maximum absolute atomic E-state index is 3.71. The highest BCUT2D eigenvalue weighted by Crippen LogP contribution is 2.34. The van der Waals surface area contributed by atoms with Crippen LogP contribution >= 0.6 is 15.9 Å². The Kier molecular flexibility index (Phi) is 5.71. The molecule has 18 heavy (non-hydrogen) atoms. The van der Waals surface area contributed by atoms with Gasteiger partial charge in [-0.25, -0.2) is 0 Å². The van der Waals surface area contributed by atoms with Crippen molar-refractivity contribution < 1.29 is 0 Å². The van der Waals surface area contributed by atoms with E-state index in [4.69, 9.17) is 0 Å². The van der Waals surface area contributed by atoms with E-state index in [9.17, 15) is 0 Å². The van der Waals surface area contributed by atoms with Crippen LogP contribution in [0.5, 0.6) is 0 Å². The number of hydrogen-bond donors (Lipinski definition) is 1. The van der Waals surface area contributed by atoms with Gasteiger partial charge in [-0.15, -0.1) is 0 Å². The van der Waals surface area contributed by atoms with E-state index in [1.165, 1.54) is 42.1 Å².